The van der Waals surface area contributed by atoms with Gasteiger partial charge in [0.2, 0.25) is 0 Å². The molecule has 1 unspecified atom stereocenters. The number of piperidine rings is 1. The first-order valence-electron chi connectivity index (χ1n) is 7.95. The minimum absolute atomic E-state index is 0.187. The van der Waals surface area contributed by atoms with Crippen molar-refractivity contribution in [3.8, 4) is 0 Å². The van der Waals surface area contributed by atoms with Gasteiger partial charge in [0.05, 0.1) is 15.9 Å². The topological polar surface area (TPSA) is 33.1 Å². The quantitative estimate of drug-likeness (QED) is 0.898. The summed E-state index contributed by atoms with van der Waals surface area (Å²) in [4.78, 5) is 2.61. The second-order valence-electron chi connectivity index (χ2n) is 7.22. The average molecular weight is 357 g/mol. The van der Waals surface area contributed by atoms with Crippen molar-refractivity contribution in [1.29, 1.82) is 0 Å². The van der Waals surface area contributed by atoms with E-state index in [1.807, 2.05) is 11.7 Å². The van der Waals surface area contributed by atoms with Gasteiger partial charge in [0.25, 0.3) is 0 Å². The largest absolute Gasteiger partial charge is 0.311 e. The normalized spacial score (nSPS) is 21.0. The zero-order chi connectivity index (χ0) is 15.6. The van der Waals surface area contributed by atoms with Crippen LogP contribution in [-0.4, -0.2) is 39.4 Å². The maximum absolute atomic E-state index is 4.51. The van der Waals surface area contributed by atoms with Crippen LogP contribution in [-0.2, 0) is 13.6 Å². The molecule has 2 rings (SSSR count). The van der Waals surface area contributed by atoms with Crippen molar-refractivity contribution < 1.29 is 0 Å². The molecule has 1 aliphatic heterocycles. The van der Waals surface area contributed by atoms with Gasteiger partial charge >= 0.3 is 0 Å². The fraction of sp³-hybridized carbons (Fsp3) is 0.812. The summed E-state index contributed by atoms with van der Waals surface area (Å²) in [6.45, 7) is 12.0. The lowest BCUT2D eigenvalue weighted by Crippen LogP contribution is -2.49. The third kappa shape index (κ3) is 4.54. The van der Waals surface area contributed by atoms with Gasteiger partial charge in [0, 0.05) is 31.7 Å². The molecule has 0 spiro atoms. The zero-order valence-corrected chi connectivity index (χ0v) is 15.6. The molecule has 1 aliphatic rings. The summed E-state index contributed by atoms with van der Waals surface area (Å²) >= 11 is 3.69. The van der Waals surface area contributed by atoms with Gasteiger partial charge in [-0.2, -0.15) is 5.10 Å². The van der Waals surface area contributed by atoms with E-state index >= 15 is 0 Å². The molecular formula is C16H29BrN4. The lowest BCUT2D eigenvalue weighted by molar-refractivity contribution is 0.128. The van der Waals surface area contributed by atoms with Crippen LogP contribution in [0.15, 0.2) is 4.47 Å². The fourth-order valence-electron chi connectivity index (χ4n) is 2.97. The molecule has 1 fully saturated rings. The third-order valence-electron chi connectivity index (χ3n) is 4.23. The van der Waals surface area contributed by atoms with Crippen LogP contribution in [0.1, 0.15) is 51.4 Å². The predicted octanol–water partition coefficient (Wildman–Crippen LogP) is 3.23. The first-order chi connectivity index (χ1) is 9.78. The molecule has 1 atom stereocenters. The lowest BCUT2D eigenvalue weighted by atomic mass is 10.00. The Balaban J connectivity index is 2.05. The maximum atomic E-state index is 4.51. The zero-order valence-electron chi connectivity index (χ0n) is 14.0. The number of aromatic nitrogens is 2. The Morgan fingerprint density at radius 1 is 1.33 bits per heavy atom. The Morgan fingerprint density at radius 2 is 2.05 bits per heavy atom. The van der Waals surface area contributed by atoms with Gasteiger partial charge in [-0.05, 0) is 63.0 Å². The number of aryl methyl sites for hydroxylation is 2. The highest BCUT2D eigenvalue weighted by atomic mass is 79.9. The van der Waals surface area contributed by atoms with Crippen molar-refractivity contribution in [1.82, 2.24) is 20.0 Å². The van der Waals surface area contributed by atoms with E-state index in [4.69, 9.17) is 0 Å². The van der Waals surface area contributed by atoms with E-state index in [0.29, 0.717) is 6.04 Å². The Kier molecular flexibility index (Phi) is 5.49. The summed E-state index contributed by atoms with van der Waals surface area (Å²) in [6.07, 6.45) is 3.94. The third-order valence-corrected chi connectivity index (χ3v) is 5.26. The maximum Gasteiger partial charge on any atom is 0.0739 e. The number of nitrogens with zero attached hydrogens (tertiary/aromatic N) is 3. The van der Waals surface area contributed by atoms with Gasteiger partial charge in [0.15, 0.2) is 0 Å². The molecular weight excluding hydrogens is 328 g/mol. The molecule has 0 saturated carbocycles. The molecule has 5 heteroatoms. The predicted molar refractivity (Wildman–Crippen MR) is 91.4 cm³/mol. The van der Waals surface area contributed by atoms with Crippen molar-refractivity contribution in [2.75, 3.05) is 13.1 Å². The SMILES string of the molecule is Cc1nn(C)c(CN2CCCCC2CNC(C)(C)C)c1Br. The van der Waals surface area contributed by atoms with Crippen molar-refractivity contribution >= 4 is 15.9 Å². The molecule has 21 heavy (non-hydrogen) atoms. The number of rotatable bonds is 4. The lowest BCUT2D eigenvalue weighted by Gasteiger charge is -2.37. The molecule has 1 aromatic rings. The molecule has 2 heterocycles. The summed E-state index contributed by atoms with van der Waals surface area (Å²) in [5.41, 5.74) is 2.55. The summed E-state index contributed by atoms with van der Waals surface area (Å²) in [6, 6.07) is 0.625. The second-order valence-corrected chi connectivity index (χ2v) is 8.01. The minimum Gasteiger partial charge on any atom is -0.311 e. The summed E-state index contributed by atoms with van der Waals surface area (Å²) < 4.78 is 3.18. The highest BCUT2D eigenvalue weighted by molar-refractivity contribution is 9.10. The van der Waals surface area contributed by atoms with Crippen LogP contribution < -0.4 is 5.32 Å². The summed E-state index contributed by atoms with van der Waals surface area (Å²) in [5.74, 6) is 0. The minimum atomic E-state index is 0.187. The number of likely N-dealkylation sites (tertiary alicyclic amines) is 1. The molecule has 0 amide bonds. The van der Waals surface area contributed by atoms with Gasteiger partial charge in [-0.3, -0.25) is 9.58 Å². The molecule has 120 valence electrons. The molecule has 1 N–H and O–H groups in total. The van der Waals surface area contributed by atoms with Crippen molar-refractivity contribution in [3.63, 3.8) is 0 Å². The smallest absolute Gasteiger partial charge is 0.0739 e. The molecule has 0 aliphatic carbocycles. The van der Waals surface area contributed by atoms with E-state index in [1.54, 1.807) is 0 Å². The van der Waals surface area contributed by atoms with E-state index in [9.17, 15) is 0 Å². The highest BCUT2D eigenvalue weighted by Gasteiger charge is 2.25. The first-order valence-corrected chi connectivity index (χ1v) is 8.74. The van der Waals surface area contributed by atoms with Gasteiger partial charge in [-0.15, -0.1) is 0 Å². The Morgan fingerprint density at radius 3 is 2.62 bits per heavy atom. The standard InChI is InChI=1S/C16H29BrN4/c1-12-15(17)14(20(5)19-12)11-21-9-7-6-8-13(21)10-18-16(2,3)4/h13,18H,6-11H2,1-5H3. The van der Waals surface area contributed by atoms with Crippen LogP contribution in [0.4, 0.5) is 0 Å². The molecule has 0 aromatic carbocycles. The molecule has 4 nitrogen and oxygen atoms in total. The van der Waals surface area contributed by atoms with Crippen LogP contribution in [0.25, 0.3) is 0 Å². The van der Waals surface area contributed by atoms with Crippen molar-refractivity contribution in [2.45, 2.75) is 65.1 Å². The molecule has 1 saturated heterocycles. The van der Waals surface area contributed by atoms with Crippen LogP contribution in [0.2, 0.25) is 0 Å². The van der Waals surface area contributed by atoms with Gasteiger partial charge in [-0.25, -0.2) is 0 Å². The number of hydrogen-bond donors (Lipinski definition) is 1. The Bertz CT molecular complexity index is 475. The Labute approximate surface area is 137 Å². The van der Waals surface area contributed by atoms with Crippen LogP contribution in [0, 0.1) is 6.92 Å². The van der Waals surface area contributed by atoms with E-state index in [1.165, 1.54) is 31.5 Å². The molecule has 0 radical (unpaired) electrons. The fourth-order valence-corrected chi connectivity index (χ4v) is 3.43. The molecule has 1 aromatic heterocycles. The van der Waals surface area contributed by atoms with E-state index in [2.05, 4.69) is 58.9 Å². The van der Waals surface area contributed by atoms with Crippen molar-refractivity contribution in [2.24, 2.45) is 7.05 Å². The molecule has 0 bridgehead atoms. The van der Waals surface area contributed by atoms with Gasteiger partial charge in [0.1, 0.15) is 0 Å². The monoisotopic (exact) mass is 356 g/mol. The average Bonchev–Trinajstić information content (AvgIpc) is 2.63. The van der Waals surface area contributed by atoms with E-state index < -0.39 is 0 Å². The van der Waals surface area contributed by atoms with Gasteiger partial charge < -0.3 is 5.32 Å². The summed E-state index contributed by atoms with van der Waals surface area (Å²) in [7, 11) is 2.04. The number of halogens is 1. The van der Waals surface area contributed by atoms with Crippen LogP contribution >= 0.6 is 15.9 Å². The van der Waals surface area contributed by atoms with Crippen LogP contribution in [0.3, 0.4) is 0 Å². The van der Waals surface area contributed by atoms with E-state index in [-0.39, 0.29) is 5.54 Å². The van der Waals surface area contributed by atoms with E-state index in [0.717, 1.165) is 23.3 Å². The summed E-state index contributed by atoms with van der Waals surface area (Å²) in [5, 5.41) is 8.18. The number of hydrogen-bond acceptors (Lipinski definition) is 3. The number of nitrogens with one attached hydrogen (secondary N) is 1. The van der Waals surface area contributed by atoms with Gasteiger partial charge in [-0.1, -0.05) is 6.42 Å². The highest BCUT2D eigenvalue weighted by Crippen LogP contribution is 2.25. The van der Waals surface area contributed by atoms with Crippen LogP contribution in [0.5, 0.6) is 0 Å². The first kappa shape index (κ1) is 17.0. The Hall–Kier alpha value is -0.390. The van der Waals surface area contributed by atoms with Crippen molar-refractivity contribution in [3.05, 3.63) is 15.9 Å². The second kappa shape index (κ2) is 6.80.